The minimum absolute atomic E-state index is 0.152. The molecular weight excluding hydrogens is 368 g/mol. The second kappa shape index (κ2) is 8.56. The Morgan fingerprint density at radius 3 is 2.00 bits per heavy atom. The van der Waals surface area contributed by atoms with Crippen molar-refractivity contribution in [2.24, 2.45) is 14.1 Å². The highest BCUT2D eigenvalue weighted by molar-refractivity contribution is 5.66. The lowest BCUT2D eigenvalue weighted by Gasteiger charge is -2.06. The summed E-state index contributed by atoms with van der Waals surface area (Å²) in [5.74, 6) is -0.360. The maximum absolute atomic E-state index is 12.9. The third-order valence-corrected chi connectivity index (χ3v) is 4.57. The Kier molecular flexibility index (Phi) is 5.93. The molecule has 6 nitrogen and oxygen atoms in total. The summed E-state index contributed by atoms with van der Waals surface area (Å²) in [7, 11) is 3.17. The van der Waals surface area contributed by atoms with Gasteiger partial charge in [0.15, 0.2) is 0 Å². The van der Waals surface area contributed by atoms with Gasteiger partial charge in [-0.3, -0.25) is 14.4 Å². The standard InChI is InChI=1S/C23H22N2O4/c1-16(26)29-15-19-11-7-10-18(12-19)14-21-23(28)24(2)20(22(27)25(21)3)13-17-8-5-4-6-9-17/h4-14H,15H2,1-3H3. The summed E-state index contributed by atoms with van der Waals surface area (Å²) >= 11 is 0. The van der Waals surface area contributed by atoms with Gasteiger partial charge < -0.3 is 13.9 Å². The van der Waals surface area contributed by atoms with Crippen LogP contribution in [0.2, 0.25) is 0 Å². The maximum Gasteiger partial charge on any atom is 0.302 e. The molecule has 0 aliphatic carbocycles. The number of benzene rings is 2. The molecule has 1 heterocycles. The van der Waals surface area contributed by atoms with Gasteiger partial charge in [0.2, 0.25) is 0 Å². The third kappa shape index (κ3) is 4.60. The molecule has 6 heteroatoms. The first-order chi connectivity index (χ1) is 13.9. The Bertz CT molecular complexity index is 1290. The average Bonchev–Trinajstić information content (AvgIpc) is 2.72. The van der Waals surface area contributed by atoms with Gasteiger partial charge in [-0.05, 0) is 34.9 Å². The van der Waals surface area contributed by atoms with Crippen LogP contribution in [0.1, 0.15) is 23.6 Å². The van der Waals surface area contributed by atoms with Crippen molar-refractivity contribution in [1.29, 1.82) is 0 Å². The Hall–Kier alpha value is -3.67. The molecule has 0 spiro atoms. The number of hydrogen-bond donors (Lipinski definition) is 0. The molecule has 3 aromatic rings. The van der Waals surface area contributed by atoms with E-state index in [0.717, 1.165) is 16.7 Å². The smallest absolute Gasteiger partial charge is 0.302 e. The molecule has 148 valence electrons. The highest BCUT2D eigenvalue weighted by Crippen LogP contribution is 2.07. The number of aromatic nitrogens is 2. The summed E-state index contributed by atoms with van der Waals surface area (Å²) in [5, 5.41) is 0.580. The number of ether oxygens (including phenoxy) is 1. The second-order valence-electron chi connectivity index (χ2n) is 6.72. The van der Waals surface area contributed by atoms with Crippen molar-refractivity contribution in [2.45, 2.75) is 13.5 Å². The molecule has 0 atom stereocenters. The SMILES string of the molecule is CC(=O)OCc1cccc(C=c2c(=O)n(C)c(=Cc3ccccc3)c(=O)n2C)c1. The fourth-order valence-corrected chi connectivity index (χ4v) is 2.99. The number of carbonyl (C=O) groups excluding carboxylic acids is 1. The van der Waals surface area contributed by atoms with E-state index in [2.05, 4.69) is 0 Å². The van der Waals surface area contributed by atoms with E-state index in [1.165, 1.54) is 16.1 Å². The lowest BCUT2D eigenvalue weighted by molar-refractivity contribution is -0.142. The van der Waals surface area contributed by atoms with Crippen molar-refractivity contribution in [3.8, 4) is 0 Å². The Labute approximate surface area is 167 Å². The molecule has 0 saturated carbocycles. The zero-order chi connectivity index (χ0) is 21.0. The van der Waals surface area contributed by atoms with E-state index >= 15 is 0 Å². The molecule has 0 aliphatic rings. The summed E-state index contributed by atoms with van der Waals surface area (Å²) in [6.07, 6.45) is 3.36. The van der Waals surface area contributed by atoms with E-state index < -0.39 is 0 Å². The quantitative estimate of drug-likeness (QED) is 0.618. The van der Waals surface area contributed by atoms with Gasteiger partial charge in [-0.25, -0.2) is 0 Å². The van der Waals surface area contributed by atoms with E-state index in [0.29, 0.717) is 5.35 Å². The van der Waals surface area contributed by atoms with E-state index in [1.807, 2.05) is 54.6 Å². The van der Waals surface area contributed by atoms with E-state index in [9.17, 15) is 14.4 Å². The second-order valence-corrected chi connectivity index (χ2v) is 6.72. The lowest BCUT2D eigenvalue weighted by atomic mass is 10.1. The van der Waals surface area contributed by atoms with Crippen LogP contribution in [0.4, 0.5) is 0 Å². The van der Waals surface area contributed by atoms with Crippen LogP contribution in [-0.4, -0.2) is 15.1 Å². The highest BCUT2D eigenvalue weighted by Gasteiger charge is 2.06. The van der Waals surface area contributed by atoms with Gasteiger partial charge in [-0.15, -0.1) is 0 Å². The van der Waals surface area contributed by atoms with Gasteiger partial charge >= 0.3 is 5.97 Å². The van der Waals surface area contributed by atoms with Gasteiger partial charge in [0.25, 0.3) is 11.1 Å². The molecule has 0 radical (unpaired) electrons. The number of rotatable bonds is 4. The van der Waals surface area contributed by atoms with Crippen LogP contribution in [0.15, 0.2) is 64.2 Å². The van der Waals surface area contributed by atoms with Gasteiger partial charge in [0.1, 0.15) is 17.3 Å². The Morgan fingerprint density at radius 1 is 0.862 bits per heavy atom. The predicted octanol–water partition coefficient (Wildman–Crippen LogP) is 0.805. The summed E-state index contributed by atoms with van der Waals surface area (Å²) in [5.41, 5.74) is 1.83. The van der Waals surface area contributed by atoms with Crippen molar-refractivity contribution in [1.82, 2.24) is 9.13 Å². The number of esters is 1. The summed E-state index contributed by atoms with van der Waals surface area (Å²) < 4.78 is 7.74. The summed E-state index contributed by atoms with van der Waals surface area (Å²) in [6, 6.07) is 16.7. The van der Waals surface area contributed by atoms with Crippen molar-refractivity contribution >= 4 is 18.1 Å². The zero-order valence-electron chi connectivity index (χ0n) is 16.6. The Morgan fingerprint density at radius 2 is 1.41 bits per heavy atom. The fraction of sp³-hybridized carbons (Fsp3) is 0.174. The molecule has 3 rings (SSSR count). The van der Waals surface area contributed by atoms with Crippen LogP contribution in [0, 0.1) is 0 Å². The van der Waals surface area contributed by atoms with E-state index in [1.54, 1.807) is 26.2 Å². The normalized spacial score (nSPS) is 12.2. The van der Waals surface area contributed by atoms with Crippen LogP contribution >= 0.6 is 0 Å². The zero-order valence-corrected chi connectivity index (χ0v) is 16.6. The van der Waals surface area contributed by atoms with Crippen LogP contribution in [-0.2, 0) is 30.2 Å². The molecule has 0 fully saturated rings. The molecule has 2 aromatic carbocycles. The third-order valence-electron chi connectivity index (χ3n) is 4.57. The van der Waals surface area contributed by atoms with E-state index in [4.69, 9.17) is 4.74 Å². The summed E-state index contributed by atoms with van der Waals surface area (Å²) in [4.78, 5) is 36.8. The Balaban J connectivity index is 2.14. The topological polar surface area (TPSA) is 70.3 Å². The summed E-state index contributed by atoms with van der Waals surface area (Å²) in [6.45, 7) is 1.50. The largest absolute Gasteiger partial charge is 0.461 e. The van der Waals surface area contributed by atoms with Crippen molar-refractivity contribution in [3.05, 3.63) is 103 Å². The first kappa shape index (κ1) is 20.1. The lowest BCUT2D eigenvalue weighted by Crippen LogP contribution is -2.56. The molecule has 0 N–H and O–H groups in total. The molecule has 0 aliphatic heterocycles. The molecule has 0 bridgehead atoms. The molecule has 0 amide bonds. The molecule has 29 heavy (non-hydrogen) atoms. The van der Waals surface area contributed by atoms with Crippen LogP contribution < -0.4 is 21.8 Å². The maximum atomic E-state index is 12.9. The highest BCUT2D eigenvalue weighted by atomic mass is 16.5. The fourth-order valence-electron chi connectivity index (χ4n) is 2.99. The van der Waals surface area contributed by atoms with Gasteiger partial charge in [0.05, 0.1) is 0 Å². The average molecular weight is 390 g/mol. The first-order valence-electron chi connectivity index (χ1n) is 9.13. The number of nitrogens with zero attached hydrogens (tertiary/aromatic N) is 2. The number of carbonyl (C=O) groups is 1. The number of hydrogen-bond acceptors (Lipinski definition) is 4. The van der Waals surface area contributed by atoms with Crippen LogP contribution in [0.25, 0.3) is 12.2 Å². The minimum atomic E-state index is -0.360. The predicted molar refractivity (Wildman–Crippen MR) is 112 cm³/mol. The molecule has 1 aromatic heterocycles. The monoisotopic (exact) mass is 390 g/mol. The molecule has 0 saturated heterocycles. The van der Waals surface area contributed by atoms with E-state index in [-0.39, 0.29) is 29.0 Å². The minimum Gasteiger partial charge on any atom is -0.461 e. The first-order valence-corrected chi connectivity index (χ1v) is 9.13. The van der Waals surface area contributed by atoms with Crippen LogP contribution in [0.3, 0.4) is 0 Å². The van der Waals surface area contributed by atoms with Gasteiger partial charge in [-0.1, -0.05) is 48.5 Å². The van der Waals surface area contributed by atoms with Gasteiger partial charge in [-0.2, -0.15) is 0 Å². The van der Waals surface area contributed by atoms with Crippen molar-refractivity contribution < 1.29 is 9.53 Å². The van der Waals surface area contributed by atoms with Crippen LogP contribution in [0.5, 0.6) is 0 Å². The van der Waals surface area contributed by atoms with Gasteiger partial charge in [0, 0.05) is 21.0 Å². The molecular formula is C23H22N2O4. The van der Waals surface area contributed by atoms with Crippen molar-refractivity contribution in [2.75, 3.05) is 0 Å². The molecule has 0 unspecified atom stereocenters. The van der Waals surface area contributed by atoms with Crippen molar-refractivity contribution in [3.63, 3.8) is 0 Å².